The Morgan fingerprint density at radius 1 is 0.839 bits per heavy atom. The van der Waals surface area contributed by atoms with E-state index in [4.69, 9.17) is 4.98 Å². The Bertz CT molecular complexity index is 1390. The number of amides is 1. The van der Waals surface area contributed by atoms with E-state index in [1.165, 1.54) is 16.3 Å². The van der Waals surface area contributed by atoms with E-state index in [1.807, 2.05) is 37.3 Å². The van der Waals surface area contributed by atoms with Gasteiger partial charge in [-0.25, -0.2) is 4.98 Å². The fourth-order valence-corrected chi connectivity index (χ4v) is 5.10. The summed E-state index contributed by atoms with van der Waals surface area (Å²) in [4.78, 5) is 18.6. The van der Waals surface area contributed by atoms with Crippen molar-refractivity contribution in [2.45, 2.75) is 19.8 Å². The van der Waals surface area contributed by atoms with Gasteiger partial charge in [0.15, 0.2) is 0 Å². The maximum atomic E-state index is 12.8. The summed E-state index contributed by atoms with van der Waals surface area (Å²) in [6.07, 6.45) is 1.11. The van der Waals surface area contributed by atoms with E-state index in [1.54, 1.807) is 11.3 Å². The zero-order valence-electron chi connectivity index (χ0n) is 17.3. The number of carbonyl (C=O) groups excluding carboxylic acids is 1. The number of rotatable bonds is 5. The minimum atomic E-state index is -0.0141. The summed E-state index contributed by atoms with van der Waals surface area (Å²) in [6.45, 7) is 1.99. The molecule has 4 aromatic carbocycles. The largest absolute Gasteiger partial charge is 0.325 e. The second-order valence-electron chi connectivity index (χ2n) is 7.68. The Kier molecular flexibility index (Phi) is 5.23. The lowest BCUT2D eigenvalue weighted by atomic mass is 10.0. The van der Waals surface area contributed by atoms with E-state index < -0.39 is 0 Å². The van der Waals surface area contributed by atoms with Gasteiger partial charge in [0.05, 0.1) is 17.1 Å². The lowest BCUT2D eigenvalue weighted by molar-refractivity contribution is -0.115. The van der Waals surface area contributed by atoms with Gasteiger partial charge in [-0.05, 0) is 34.7 Å². The summed E-state index contributed by atoms with van der Waals surface area (Å²) in [7, 11) is 0. The molecule has 0 spiro atoms. The van der Waals surface area contributed by atoms with E-state index in [0.717, 1.165) is 38.5 Å². The molecule has 5 rings (SSSR count). The number of nitrogens with zero attached hydrogens (tertiary/aromatic N) is 1. The molecule has 0 saturated heterocycles. The fourth-order valence-electron chi connectivity index (χ4n) is 4.01. The highest BCUT2D eigenvalue weighted by atomic mass is 32.1. The van der Waals surface area contributed by atoms with Crippen LogP contribution in [0.15, 0.2) is 84.9 Å². The third kappa shape index (κ3) is 4.07. The van der Waals surface area contributed by atoms with Crippen molar-refractivity contribution < 1.29 is 4.79 Å². The number of carbonyl (C=O) groups is 1. The second kappa shape index (κ2) is 8.32. The average molecular weight is 423 g/mol. The van der Waals surface area contributed by atoms with Gasteiger partial charge in [-0.3, -0.25) is 4.79 Å². The van der Waals surface area contributed by atoms with Gasteiger partial charge in [0.25, 0.3) is 0 Å². The van der Waals surface area contributed by atoms with Crippen LogP contribution in [0.25, 0.3) is 21.5 Å². The number of hydrogen-bond acceptors (Lipinski definition) is 3. The van der Waals surface area contributed by atoms with Crippen molar-refractivity contribution in [2.24, 2.45) is 0 Å². The van der Waals surface area contributed by atoms with Gasteiger partial charge in [-0.15, -0.1) is 11.3 Å². The molecule has 0 unspecified atom stereocenters. The van der Waals surface area contributed by atoms with E-state index in [9.17, 15) is 4.79 Å². The molecule has 31 heavy (non-hydrogen) atoms. The monoisotopic (exact) mass is 422 g/mol. The van der Waals surface area contributed by atoms with Crippen LogP contribution in [0.1, 0.15) is 21.1 Å². The topological polar surface area (TPSA) is 42.0 Å². The second-order valence-corrected chi connectivity index (χ2v) is 8.85. The Hall–Kier alpha value is -3.50. The van der Waals surface area contributed by atoms with E-state index >= 15 is 0 Å². The van der Waals surface area contributed by atoms with Crippen molar-refractivity contribution in [3.8, 4) is 0 Å². The number of aromatic nitrogens is 1. The van der Waals surface area contributed by atoms with Crippen molar-refractivity contribution in [3.63, 3.8) is 0 Å². The molecule has 1 aromatic heterocycles. The lowest BCUT2D eigenvalue weighted by Crippen LogP contribution is -2.14. The lowest BCUT2D eigenvalue weighted by Gasteiger charge is -2.08. The van der Waals surface area contributed by atoms with Crippen molar-refractivity contribution in [1.82, 2.24) is 4.98 Å². The minimum absolute atomic E-state index is 0.0141. The Labute approximate surface area is 185 Å². The van der Waals surface area contributed by atoms with Gasteiger partial charge in [-0.2, -0.15) is 0 Å². The van der Waals surface area contributed by atoms with Crippen LogP contribution in [-0.4, -0.2) is 10.9 Å². The molecule has 1 heterocycles. The molecule has 0 bridgehead atoms. The van der Waals surface area contributed by atoms with Crippen molar-refractivity contribution in [3.05, 3.63) is 106 Å². The van der Waals surface area contributed by atoms with Gasteiger partial charge < -0.3 is 5.32 Å². The highest BCUT2D eigenvalue weighted by Gasteiger charge is 2.14. The van der Waals surface area contributed by atoms with Crippen molar-refractivity contribution in [2.75, 3.05) is 5.32 Å². The standard InChI is InChI=1S/C27H22N2OS/c1-18-25(17-26(30)29-24-15-7-11-20-9-3-5-14-23(20)24)31-27(28-18)16-21-12-6-10-19-8-2-4-13-22(19)21/h2-15H,16-17H2,1H3,(H,29,30). The SMILES string of the molecule is Cc1nc(Cc2cccc3ccccc23)sc1CC(=O)Nc1cccc2ccccc12. The quantitative estimate of drug-likeness (QED) is 0.350. The normalized spacial score (nSPS) is 11.1. The Morgan fingerprint density at radius 2 is 1.48 bits per heavy atom. The Balaban J connectivity index is 1.34. The minimum Gasteiger partial charge on any atom is -0.325 e. The molecule has 1 amide bonds. The summed E-state index contributed by atoms with van der Waals surface area (Å²) in [5.41, 5.74) is 3.05. The number of fused-ring (bicyclic) bond motifs is 2. The summed E-state index contributed by atoms with van der Waals surface area (Å²) < 4.78 is 0. The van der Waals surface area contributed by atoms with E-state index in [2.05, 4.69) is 59.9 Å². The highest BCUT2D eigenvalue weighted by Crippen LogP contribution is 2.27. The molecule has 152 valence electrons. The number of aryl methyl sites for hydroxylation is 1. The zero-order chi connectivity index (χ0) is 21.2. The first-order valence-electron chi connectivity index (χ1n) is 10.4. The van der Waals surface area contributed by atoms with Crippen LogP contribution in [0.4, 0.5) is 5.69 Å². The third-order valence-corrected chi connectivity index (χ3v) is 6.70. The molecule has 0 radical (unpaired) electrons. The van der Waals surface area contributed by atoms with Gasteiger partial charge in [0, 0.05) is 22.4 Å². The number of thiazole rings is 1. The summed E-state index contributed by atoms with van der Waals surface area (Å²) >= 11 is 1.63. The van der Waals surface area contributed by atoms with Crippen LogP contribution in [0.5, 0.6) is 0 Å². The Morgan fingerprint density at radius 3 is 2.29 bits per heavy atom. The molecule has 0 aliphatic carbocycles. The zero-order valence-corrected chi connectivity index (χ0v) is 18.1. The molecule has 4 heteroatoms. The summed E-state index contributed by atoms with van der Waals surface area (Å²) in [5.74, 6) is -0.0141. The van der Waals surface area contributed by atoms with Gasteiger partial charge in [0.2, 0.25) is 5.91 Å². The fraction of sp³-hybridized carbons (Fsp3) is 0.111. The molecule has 0 fully saturated rings. The predicted octanol–water partition coefficient (Wildman–Crippen LogP) is 6.53. The smallest absolute Gasteiger partial charge is 0.229 e. The highest BCUT2D eigenvalue weighted by molar-refractivity contribution is 7.11. The van der Waals surface area contributed by atoms with E-state index in [-0.39, 0.29) is 5.91 Å². The van der Waals surface area contributed by atoms with Crippen LogP contribution >= 0.6 is 11.3 Å². The first-order valence-corrected chi connectivity index (χ1v) is 11.2. The average Bonchev–Trinajstić information content (AvgIpc) is 3.12. The predicted molar refractivity (Wildman–Crippen MR) is 130 cm³/mol. The number of hydrogen-bond donors (Lipinski definition) is 1. The summed E-state index contributed by atoms with van der Waals surface area (Å²) in [5, 5.41) is 8.79. The van der Waals surface area contributed by atoms with Crippen LogP contribution in [-0.2, 0) is 17.6 Å². The van der Waals surface area contributed by atoms with Crippen LogP contribution in [0, 0.1) is 6.92 Å². The van der Waals surface area contributed by atoms with E-state index in [0.29, 0.717) is 6.42 Å². The number of anilines is 1. The number of benzene rings is 4. The van der Waals surface area contributed by atoms with Crippen LogP contribution in [0.2, 0.25) is 0 Å². The third-order valence-electron chi connectivity index (χ3n) is 5.54. The van der Waals surface area contributed by atoms with Gasteiger partial charge in [-0.1, -0.05) is 78.9 Å². The molecule has 0 aliphatic heterocycles. The maximum Gasteiger partial charge on any atom is 0.229 e. The molecule has 0 saturated carbocycles. The molecular weight excluding hydrogens is 400 g/mol. The van der Waals surface area contributed by atoms with Crippen molar-refractivity contribution in [1.29, 1.82) is 0 Å². The first kappa shape index (κ1) is 19.5. The first-order chi connectivity index (χ1) is 15.2. The van der Waals surface area contributed by atoms with Gasteiger partial charge >= 0.3 is 0 Å². The molecule has 0 atom stereocenters. The van der Waals surface area contributed by atoms with Gasteiger partial charge in [0.1, 0.15) is 0 Å². The maximum absolute atomic E-state index is 12.8. The molecule has 3 nitrogen and oxygen atoms in total. The molecule has 1 N–H and O–H groups in total. The molecular formula is C27H22N2OS. The molecule has 0 aliphatic rings. The number of nitrogens with one attached hydrogen (secondary N) is 1. The summed E-state index contributed by atoms with van der Waals surface area (Å²) in [6, 6.07) is 28.9. The van der Waals surface area contributed by atoms with Crippen LogP contribution in [0.3, 0.4) is 0 Å². The van der Waals surface area contributed by atoms with Crippen LogP contribution < -0.4 is 5.32 Å². The van der Waals surface area contributed by atoms with Crippen molar-refractivity contribution >= 4 is 44.5 Å². The molecule has 5 aromatic rings.